The van der Waals surface area contributed by atoms with Crippen LogP contribution in [0.4, 0.5) is 13.2 Å². The van der Waals surface area contributed by atoms with Crippen molar-refractivity contribution >= 4 is 27.0 Å². The van der Waals surface area contributed by atoms with Crippen molar-refractivity contribution in [2.45, 2.75) is 6.18 Å². The molecule has 0 aliphatic carbocycles. The van der Waals surface area contributed by atoms with Crippen molar-refractivity contribution in [1.29, 1.82) is 0 Å². The lowest BCUT2D eigenvalue weighted by Crippen LogP contribution is -2.04. The molecule has 1 aromatic carbocycles. The smallest absolute Gasteiger partial charge is 0.344 e. The van der Waals surface area contributed by atoms with Crippen molar-refractivity contribution in [2.75, 3.05) is 0 Å². The minimum absolute atomic E-state index is 0.298. The van der Waals surface area contributed by atoms with E-state index in [9.17, 15) is 13.2 Å². The number of halogens is 4. The van der Waals surface area contributed by atoms with Crippen LogP contribution in [-0.2, 0) is 6.18 Å². The van der Waals surface area contributed by atoms with Crippen LogP contribution in [0, 0.1) is 0 Å². The lowest BCUT2D eigenvalue weighted by Gasteiger charge is -2.06. The predicted octanol–water partition coefficient (Wildman–Crippen LogP) is 3.34. The number of imidazole rings is 1. The monoisotopic (exact) mass is 264 g/mol. The summed E-state index contributed by atoms with van der Waals surface area (Å²) >= 11 is 3.05. The Kier molecular flexibility index (Phi) is 2.02. The van der Waals surface area contributed by atoms with Crippen molar-refractivity contribution in [3.63, 3.8) is 0 Å². The van der Waals surface area contributed by atoms with E-state index in [2.05, 4.69) is 25.9 Å². The third-order valence-corrected chi connectivity index (χ3v) is 2.43. The first-order chi connectivity index (χ1) is 6.48. The van der Waals surface area contributed by atoms with Crippen LogP contribution in [0.25, 0.3) is 11.0 Å². The van der Waals surface area contributed by atoms with Crippen molar-refractivity contribution in [2.24, 2.45) is 0 Å². The molecule has 14 heavy (non-hydrogen) atoms. The molecule has 1 N–H and O–H groups in total. The number of H-pyrrole nitrogens is 1. The molecule has 0 aliphatic rings. The van der Waals surface area contributed by atoms with Crippen LogP contribution in [0.2, 0.25) is 0 Å². The first kappa shape index (κ1) is 9.51. The van der Waals surface area contributed by atoms with Gasteiger partial charge >= 0.3 is 6.18 Å². The van der Waals surface area contributed by atoms with E-state index in [0.29, 0.717) is 15.5 Å². The minimum Gasteiger partial charge on any atom is -0.344 e. The highest BCUT2D eigenvalue weighted by Crippen LogP contribution is 2.33. The molecule has 0 fully saturated rings. The van der Waals surface area contributed by atoms with Crippen LogP contribution in [0.5, 0.6) is 0 Å². The van der Waals surface area contributed by atoms with Gasteiger partial charge in [0.15, 0.2) is 0 Å². The molecule has 0 amide bonds. The molecule has 0 spiro atoms. The Bertz CT molecular complexity index is 475. The molecule has 0 radical (unpaired) electrons. The number of benzene rings is 1. The maximum absolute atomic E-state index is 12.3. The van der Waals surface area contributed by atoms with Gasteiger partial charge < -0.3 is 4.98 Å². The summed E-state index contributed by atoms with van der Waals surface area (Å²) in [7, 11) is 0. The summed E-state index contributed by atoms with van der Waals surface area (Å²) in [6.07, 6.45) is -2.98. The van der Waals surface area contributed by atoms with Crippen LogP contribution >= 0.6 is 15.9 Å². The zero-order valence-corrected chi connectivity index (χ0v) is 8.28. The summed E-state index contributed by atoms with van der Waals surface area (Å²) in [6.45, 7) is 0. The molecule has 2 aromatic rings. The molecule has 0 bridgehead atoms. The van der Waals surface area contributed by atoms with Crippen LogP contribution in [0.15, 0.2) is 22.9 Å². The molecule has 0 atom stereocenters. The molecule has 0 saturated heterocycles. The van der Waals surface area contributed by atoms with E-state index in [4.69, 9.17) is 0 Å². The maximum Gasteiger partial charge on any atom is 0.416 e. The van der Waals surface area contributed by atoms with Crippen LogP contribution in [0.3, 0.4) is 0 Å². The second kappa shape index (κ2) is 2.98. The third kappa shape index (κ3) is 1.50. The fraction of sp³-hybridized carbons (Fsp3) is 0.125. The number of alkyl halides is 3. The quantitative estimate of drug-likeness (QED) is 0.777. The SMILES string of the molecule is FC(F)(F)c1cc(Br)c2[nH]cnc2c1. The molecule has 1 aromatic heterocycles. The summed E-state index contributed by atoms with van der Waals surface area (Å²) in [5.41, 5.74) is 0.161. The molecule has 0 saturated carbocycles. The number of nitrogens with one attached hydrogen (secondary N) is 1. The third-order valence-electron chi connectivity index (χ3n) is 1.81. The maximum atomic E-state index is 12.3. The molecular weight excluding hydrogens is 261 g/mol. The van der Waals surface area contributed by atoms with Crippen molar-refractivity contribution in [3.05, 3.63) is 28.5 Å². The number of fused-ring (bicyclic) bond motifs is 1. The summed E-state index contributed by atoms with van der Waals surface area (Å²) in [5, 5.41) is 0. The molecule has 2 rings (SSSR count). The Morgan fingerprint density at radius 1 is 1.29 bits per heavy atom. The van der Waals surface area contributed by atoms with Gasteiger partial charge in [-0.2, -0.15) is 13.2 Å². The number of aromatic nitrogens is 2. The van der Waals surface area contributed by atoms with Gasteiger partial charge in [-0.1, -0.05) is 0 Å². The van der Waals surface area contributed by atoms with Crippen molar-refractivity contribution in [1.82, 2.24) is 9.97 Å². The molecule has 6 heteroatoms. The standard InChI is InChI=1S/C8H4BrF3N2/c9-5-1-4(8(10,11)12)2-6-7(5)14-3-13-6/h1-3H,(H,13,14). The summed E-state index contributed by atoms with van der Waals surface area (Å²) < 4.78 is 37.4. The van der Waals surface area contributed by atoms with E-state index < -0.39 is 11.7 Å². The largest absolute Gasteiger partial charge is 0.416 e. The number of rotatable bonds is 0. The molecule has 0 unspecified atom stereocenters. The average Bonchev–Trinajstić information content (AvgIpc) is 2.50. The Morgan fingerprint density at radius 2 is 2.00 bits per heavy atom. The van der Waals surface area contributed by atoms with Gasteiger partial charge in [0.05, 0.1) is 22.9 Å². The molecule has 0 aliphatic heterocycles. The summed E-state index contributed by atoms with van der Waals surface area (Å²) in [6, 6.07) is 2.04. The molecule has 2 nitrogen and oxygen atoms in total. The fourth-order valence-corrected chi connectivity index (χ4v) is 1.73. The Morgan fingerprint density at radius 3 is 2.64 bits per heavy atom. The number of aromatic amines is 1. The van der Waals surface area contributed by atoms with Gasteiger partial charge in [0, 0.05) is 4.47 Å². The lowest BCUT2D eigenvalue weighted by atomic mass is 10.2. The zero-order chi connectivity index (χ0) is 10.3. The highest BCUT2D eigenvalue weighted by atomic mass is 79.9. The van der Waals surface area contributed by atoms with Gasteiger partial charge in [0.2, 0.25) is 0 Å². The fourth-order valence-electron chi connectivity index (χ4n) is 1.17. The Labute approximate surface area is 85.3 Å². The number of nitrogens with zero attached hydrogens (tertiary/aromatic N) is 1. The summed E-state index contributed by atoms with van der Waals surface area (Å²) in [5.74, 6) is 0. The topological polar surface area (TPSA) is 28.7 Å². The Balaban J connectivity index is 2.70. The molecule has 74 valence electrons. The summed E-state index contributed by atoms with van der Waals surface area (Å²) in [4.78, 5) is 6.51. The number of hydrogen-bond acceptors (Lipinski definition) is 1. The van der Waals surface area contributed by atoms with Gasteiger partial charge in [-0.15, -0.1) is 0 Å². The second-order valence-corrected chi connectivity index (χ2v) is 3.61. The van der Waals surface area contributed by atoms with E-state index in [0.717, 1.165) is 12.1 Å². The van der Waals surface area contributed by atoms with Gasteiger partial charge in [0.1, 0.15) is 0 Å². The van der Waals surface area contributed by atoms with Gasteiger partial charge in [0.25, 0.3) is 0 Å². The zero-order valence-electron chi connectivity index (χ0n) is 6.69. The van der Waals surface area contributed by atoms with E-state index in [1.165, 1.54) is 6.33 Å². The molecular formula is C8H4BrF3N2. The van der Waals surface area contributed by atoms with Crippen molar-refractivity contribution in [3.8, 4) is 0 Å². The predicted molar refractivity (Wildman–Crippen MR) is 48.8 cm³/mol. The number of hydrogen-bond donors (Lipinski definition) is 1. The first-order valence-corrected chi connectivity index (χ1v) is 4.47. The van der Waals surface area contributed by atoms with E-state index in [1.807, 2.05) is 0 Å². The van der Waals surface area contributed by atoms with Crippen LogP contribution in [0.1, 0.15) is 5.56 Å². The van der Waals surface area contributed by atoms with Crippen molar-refractivity contribution < 1.29 is 13.2 Å². The minimum atomic E-state index is -4.34. The van der Waals surface area contributed by atoms with E-state index >= 15 is 0 Å². The van der Waals surface area contributed by atoms with E-state index in [1.54, 1.807) is 0 Å². The molecule has 1 heterocycles. The highest BCUT2D eigenvalue weighted by Gasteiger charge is 2.31. The normalized spacial score (nSPS) is 12.3. The van der Waals surface area contributed by atoms with Crippen LogP contribution in [-0.4, -0.2) is 9.97 Å². The van der Waals surface area contributed by atoms with Gasteiger partial charge in [-0.3, -0.25) is 0 Å². The second-order valence-electron chi connectivity index (χ2n) is 2.75. The van der Waals surface area contributed by atoms with E-state index in [-0.39, 0.29) is 0 Å². The first-order valence-electron chi connectivity index (χ1n) is 3.68. The highest BCUT2D eigenvalue weighted by molar-refractivity contribution is 9.10. The van der Waals surface area contributed by atoms with Gasteiger partial charge in [-0.05, 0) is 28.1 Å². The lowest BCUT2D eigenvalue weighted by molar-refractivity contribution is -0.137. The Hall–Kier alpha value is -1.04. The van der Waals surface area contributed by atoms with Crippen LogP contribution < -0.4 is 0 Å². The average molecular weight is 265 g/mol. The van der Waals surface area contributed by atoms with Gasteiger partial charge in [-0.25, -0.2) is 4.98 Å².